The number of esters is 1. The van der Waals surface area contributed by atoms with Crippen LogP contribution in [0.1, 0.15) is 12.0 Å². The van der Waals surface area contributed by atoms with Crippen molar-refractivity contribution in [2.45, 2.75) is 11.8 Å². The van der Waals surface area contributed by atoms with Gasteiger partial charge in [0.1, 0.15) is 0 Å². The second-order valence-corrected chi connectivity index (χ2v) is 6.35. The molecular formula is C17H20BrNO6. The first kappa shape index (κ1) is 20.9. The van der Waals surface area contributed by atoms with Gasteiger partial charge in [-0.15, -0.1) is 0 Å². The molecule has 8 heteroatoms. The van der Waals surface area contributed by atoms with Gasteiger partial charge in [-0.25, -0.2) is 9.59 Å². The summed E-state index contributed by atoms with van der Waals surface area (Å²) in [7, 11) is 3.36. The minimum Gasteiger partial charge on any atom is -0.478 e. The Bertz CT molecular complexity index is 642. The average Bonchev–Trinajstić information content (AvgIpc) is 3.29. The number of carbonyl (C=O) groups excluding carboxylic acids is 1. The smallest absolute Gasteiger partial charge is 0.328 e. The van der Waals surface area contributed by atoms with Gasteiger partial charge in [0.05, 0.1) is 12.5 Å². The first-order valence-electron chi connectivity index (χ1n) is 7.41. The normalized spacial score (nSPS) is 21.2. The van der Waals surface area contributed by atoms with Crippen LogP contribution in [0.15, 0.2) is 40.9 Å². The van der Waals surface area contributed by atoms with Crippen LogP contribution in [-0.2, 0) is 24.5 Å². The number of hydrogen-bond acceptors (Lipinski definition) is 5. The summed E-state index contributed by atoms with van der Waals surface area (Å²) >= 11 is 3.40. The second kappa shape index (κ2) is 9.33. The van der Waals surface area contributed by atoms with E-state index in [2.05, 4.69) is 21.2 Å². The van der Waals surface area contributed by atoms with Gasteiger partial charge in [-0.1, -0.05) is 28.1 Å². The van der Waals surface area contributed by atoms with Crippen molar-refractivity contribution in [3.05, 3.63) is 46.5 Å². The van der Waals surface area contributed by atoms with Crippen molar-refractivity contribution in [2.24, 2.45) is 5.92 Å². The van der Waals surface area contributed by atoms with E-state index in [1.54, 1.807) is 0 Å². The molecule has 0 saturated heterocycles. The Morgan fingerprint density at radius 1 is 1.24 bits per heavy atom. The van der Waals surface area contributed by atoms with Crippen LogP contribution in [0.3, 0.4) is 0 Å². The van der Waals surface area contributed by atoms with Gasteiger partial charge in [-0.3, -0.25) is 4.79 Å². The molecule has 2 unspecified atom stereocenters. The zero-order valence-corrected chi connectivity index (χ0v) is 15.4. The van der Waals surface area contributed by atoms with Gasteiger partial charge in [0.25, 0.3) is 0 Å². The van der Waals surface area contributed by atoms with E-state index in [4.69, 9.17) is 14.9 Å². The predicted octanol–water partition coefficient (Wildman–Crippen LogP) is 1.81. The fourth-order valence-corrected chi connectivity index (χ4v) is 2.88. The van der Waals surface area contributed by atoms with Crippen molar-refractivity contribution in [2.75, 3.05) is 20.7 Å². The van der Waals surface area contributed by atoms with Crippen molar-refractivity contribution >= 4 is 33.8 Å². The SMILES string of the molecule is CNCC1CC1(C(=O)OC)c1ccc(Br)cc1.O=C(O)C=CC(=O)O. The lowest BCUT2D eigenvalue weighted by Gasteiger charge is -2.15. The number of benzene rings is 1. The Hall–Kier alpha value is -2.19. The van der Waals surface area contributed by atoms with Crippen molar-refractivity contribution in [1.29, 1.82) is 0 Å². The molecule has 25 heavy (non-hydrogen) atoms. The van der Waals surface area contributed by atoms with E-state index in [-0.39, 0.29) is 5.97 Å². The van der Waals surface area contributed by atoms with Gasteiger partial charge in [-0.05, 0) is 43.6 Å². The van der Waals surface area contributed by atoms with Gasteiger partial charge in [-0.2, -0.15) is 0 Å². The Morgan fingerprint density at radius 2 is 1.76 bits per heavy atom. The summed E-state index contributed by atoms with van der Waals surface area (Å²) in [6.45, 7) is 0.838. The molecule has 0 bridgehead atoms. The third-order valence-corrected chi connectivity index (χ3v) is 4.36. The number of ether oxygens (including phenoxy) is 1. The van der Waals surface area contributed by atoms with E-state index < -0.39 is 17.4 Å². The third-order valence-electron chi connectivity index (χ3n) is 3.83. The minimum absolute atomic E-state index is 0.125. The maximum atomic E-state index is 12.0. The molecule has 0 amide bonds. The third kappa shape index (κ3) is 5.68. The highest BCUT2D eigenvalue weighted by molar-refractivity contribution is 9.10. The van der Waals surface area contributed by atoms with Crippen LogP contribution in [0.2, 0.25) is 0 Å². The fraction of sp³-hybridized carbons (Fsp3) is 0.353. The Balaban J connectivity index is 0.000000333. The molecule has 0 aliphatic heterocycles. The molecule has 1 aliphatic carbocycles. The number of rotatable bonds is 6. The van der Waals surface area contributed by atoms with Crippen molar-refractivity contribution in [3.8, 4) is 0 Å². The van der Waals surface area contributed by atoms with E-state index in [9.17, 15) is 14.4 Å². The van der Waals surface area contributed by atoms with Gasteiger partial charge in [0.15, 0.2) is 0 Å². The first-order valence-corrected chi connectivity index (χ1v) is 8.20. The Labute approximate surface area is 153 Å². The van der Waals surface area contributed by atoms with Crippen LogP contribution in [0.5, 0.6) is 0 Å². The zero-order valence-electron chi connectivity index (χ0n) is 13.9. The largest absolute Gasteiger partial charge is 0.478 e. The van der Waals surface area contributed by atoms with Crippen LogP contribution in [0, 0.1) is 5.92 Å². The number of hydrogen-bond donors (Lipinski definition) is 3. The average molecular weight is 414 g/mol. The van der Waals surface area contributed by atoms with E-state index in [0.717, 1.165) is 23.0 Å². The summed E-state index contributed by atoms with van der Waals surface area (Å²) < 4.78 is 5.98. The molecular weight excluding hydrogens is 394 g/mol. The van der Waals surface area contributed by atoms with Crippen LogP contribution >= 0.6 is 15.9 Å². The molecule has 7 nitrogen and oxygen atoms in total. The Morgan fingerprint density at radius 3 is 2.16 bits per heavy atom. The maximum absolute atomic E-state index is 12.0. The van der Waals surface area contributed by atoms with Crippen LogP contribution in [0.4, 0.5) is 0 Å². The number of carbonyl (C=O) groups is 3. The predicted molar refractivity (Wildman–Crippen MR) is 94.3 cm³/mol. The summed E-state index contributed by atoms with van der Waals surface area (Å²) in [5, 5.41) is 18.8. The van der Waals surface area contributed by atoms with Crippen LogP contribution < -0.4 is 5.32 Å². The fourth-order valence-electron chi connectivity index (χ4n) is 2.62. The number of carboxylic acids is 2. The highest BCUT2D eigenvalue weighted by atomic mass is 79.9. The zero-order chi connectivity index (χ0) is 19.0. The molecule has 1 aromatic carbocycles. The van der Waals surface area contributed by atoms with Crippen molar-refractivity contribution < 1.29 is 29.3 Å². The molecule has 0 radical (unpaired) electrons. The molecule has 3 N–H and O–H groups in total. The monoisotopic (exact) mass is 413 g/mol. The van der Waals surface area contributed by atoms with Gasteiger partial charge in [0.2, 0.25) is 0 Å². The molecule has 2 rings (SSSR count). The molecule has 2 atom stereocenters. The molecule has 1 aromatic rings. The lowest BCUT2D eigenvalue weighted by atomic mass is 9.93. The van der Waals surface area contributed by atoms with E-state index >= 15 is 0 Å². The van der Waals surface area contributed by atoms with E-state index in [1.807, 2.05) is 31.3 Å². The summed E-state index contributed by atoms with van der Waals surface area (Å²) in [6.07, 6.45) is 1.98. The number of halogens is 1. The molecule has 0 spiro atoms. The molecule has 136 valence electrons. The molecule has 1 aliphatic rings. The minimum atomic E-state index is -1.26. The van der Waals surface area contributed by atoms with Crippen molar-refractivity contribution in [3.63, 3.8) is 0 Å². The maximum Gasteiger partial charge on any atom is 0.328 e. The molecule has 1 fully saturated rings. The highest BCUT2D eigenvalue weighted by Crippen LogP contribution is 2.54. The molecule has 0 heterocycles. The van der Waals surface area contributed by atoms with Gasteiger partial charge in [0, 0.05) is 16.6 Å². The van der Waals surface area contributed by atoms with Gasteiger partial charge < -0.3 is 20.3 Å². The lowest BCUT2D eigenvalue weighted by molar-refractivity contribution is -0.144. The number of carboxylic acid groups (broad SMARTS) is 2. The number of methoxy groups -OCH3 is 1. The summed E-state index contributed by atoms with van der Waals surface area (Å²) in [5.41, 5.74) is 0.617. The summed E-state index contributed by atoms with van der Waals surface area (Å²) in [4.78, 5) is 31.1. The summed E-state index contributed by atoms with van der Waals surface area (Å²) in [6, 6.07) is 7.93. The lowest BCUT2D eigenvalue weighted by Crippen LogP contribution is -2.27. The van der Waals surface area contributed by atoms with E-state index in [1.165, 1.54) is 7.11 Å². The number of aliphatic carboxylic acids is 2. The van der Waals surface area contributed by atoms with Gasteiger partial charge >= 0.3 is 17.9 Å². The van der Waals surface area contributed by atoms with Crippen LogP contribution in [-0.4, -0.2) is 48.8 Å². The van der Waals surface area contributed by atoms with Crippen molar-refractivity contribution in [1.82, 2.24) is 5.32 Å². The highest BCUT2D eigenvalue weighted by Gasteiger charge is 2.61. The Kier molecular flexibility index (Phi) is 7.79. The van der Waals surface area contributed by atoms with E-state index in [0.29, 0.717) is 18.1 Å². The topological polar surface area (TPSA) is 113 Å². The first-order chi connectivity index (χ1) is 11.8. The quantitative estimate of drug-likeness (QED) is 0.481. The summed E-state index contributed by atoms with van der Waals surface area (Å²) in [5.74, 6) is -2.30. The second-order valence-electron chi connectivity index (χ2n) is 5.44. The standard InChI is InChI=1S/C13H16BrNO2.C4H4O4/c1-15-8-10-7-13(10,12(16)17-2)9-3-5-11(14)6-4-9;5-3(6)1-2-4(7)8/h3-6,10,15H,7-8H2,1-2H3;1-2H,(H,5,6)(H,7,8). The number of nitrogens with one attached hydrogen (secondary N) is 1. The van der Waals surface area contributed by atoms with Crippen LogP contribution in [0.25, 0.3) is 0 Å². The molecule has 0 aromatic heterocycles. The molecule has 1 saturated carbocycles.